The summed E-state index contributed by atoms with van der Waals surface area (Å²) in [6.07, 6.45) is 7.44. The smallest absolute Gasteiger partial charge is 0.169 e. The van der Waals surface area contributed by atoms with E-state index >= 15 is 0 Å². The Kier molecular flexibility index (Phi) is 4.14. The lowest BCUT2D eigenvalue weighted by atomic mass is 9.69. The Balaban J connectivity index is 2.09. The molecule has 0 aromatic carbocycles. The molecule has 0 atom stereocenters. The van der Waals surface area contributed by atoms with Gasteiger partial charge >= 0.3 is 0 Å². The van der Waals surface area contributed by atoms with E-state index < -0.39 is 5.60 Å². The Labute approximate surface area is 115 Å². The fraction of sp³-hybridized carbons (Fsp3) is 0.688. The van der Waals surface area contributed by atoms with Crippen LogP contribution in [0.1, 0.15) is 52.0 Å². The first-order valence-electron chi connectivity index (χ1n) is 7.16. The van der Waals surface area contributed by atoms with Crippen molar-refractivity contribution in [2.24, 2.45) is 5.41 Å². The quantitative estimate of drug-likeness (QED) is 0.812. The molecule has 3 nitrogen and oxygen atoms in total. The maximum atomic E-state index is 12.6. The first-order valence-corrected chi connectivity index (χ1v) is 7.16. The van der Waals surface area contributed by atoms with Crippen LogP contribution in [0, 0.1) is 5.41 Å². The van der Waals surface area contributed by atoms with E-state index in [0.29, 0.717) is 18.4 Å². The van der Waals surface area contributed by atoms with Crippen LogP contribution >= 0.6 is 0 Å². The van der Waals surface area contributed by atoms with Gasteiger partial charge in [-0.2, -0.15) is 0 Å². The van der Waals surface area contributed by atoms with Crippen LogP contribution in [0.2, 0.25) is 0 Å². The van der Waals surface area contributed by atoms with E-state index in [0.717, 1.165) is 31.2 Å². The molecule has 1 saturated carbocycles. The van der Waals surface area contributed by atoms with Crippen LogP contribution in [-0.4, -0.2) is 18.0 Å². The molecule has 0 unspecified atom stereocenters. The third-order valence-electron chi connectivity index (χ3n) is 4.28. The Morgan fingerprint density at radius 2 is 2.00 bits per heavy atom. The van der Waals surface area contributed by atoms with Gasteiger partial charge in [0, 0.05) is 13.0 Å². The van der Waals surface area contributed by atoms with Crippen molar-refractivity contribution < 1.29 is 13.9 Å². The van der Waals surface area contributed by atoms with Gasteiger partial charge in [0.15, 0.2) is 5.78 Å². The van der Waals surface area contributed by atoms with Crippen molar-refractivity contribution in [2.45, 2.75) is 58.5 Å². The van der Waals surface area contributed by atoms with Gasteiger partial charge in [0.05, 0.1) is 12.5 Å². The molecule has 0 spiro atoms. The van der Waals surface area contributed by atoms with Crippen molar-refractivity contribution in [3.63, 3.8) is 0 Å². The maximum absolute atomic E-state index is 12.6. The fourth-order valence-electron chi connectivity index (χ4n) is 2.85. The first-order chi connectivity index (χ1) is 8.97. The van der Waals surface area contributed by atoms with Crippen LogP contribution in [0.15, 0.2) is 23.0 Å². The summed E-state index contributed by atoms with van der Waals surface area (Å²) in [4.78, 5) is 12.6. The number of carbonyl (C=O) groups excluding carboxylic acids is 1. The maximum Gasteiger partial charge on any atom is 0.169 e. The summed E-state index contributed by atoms with van der Waals surface area (Å²) in [5.74, 6) is 0.200. The molecule has 1 aromatic heterocycles. The van der Waals surface area contributed by atoms with E-state index in [1.54, 1.807) is 12.5 Å². The molecule has 3 heteroatoms. The predicted octanol–water partition coefficient (Wildman–Crippen LogP) is 3.77. The molecule has 2 rings (SSSR count). The summed E-state index contributed by atoms with van der Waals surface area (Å²) in [5.41, 5.74) is 0.701. The molecule has 1 aromatic rings. The van der Waals surface area contributed by atoms with Crippen molar-refractivity contribution >= 4 is 5.78 Å². The van der Waals surface area contributed by atoms with Crippen LogP contribution in [-0.2, 0) is 16.0 Å². The summed E-state index contributed by atoms with van der Waals surface area (Å²) in [6, 6.07) is 1.85. The van der Waals surface area contributed by atoms with Crippen LogP contribution < -0.4 is 0 Å². The van der Waals surface area contributed by atoms with Gasteiger partial charge in [-0.25, -0.2) is 0 Å². The molecule has 1 fully saturated rings. The monoisotopic (exact) mass is 264 g/mol. The van der Waals surface area contributed by atoms with Crippen molar-refractivity contribution in [3.05, 3.63) is 24.2 Å². The lowest BCUT2D eigenvalue weighted by molar-refractivity contribution is -0.151. The summed E-state index contributed by atoms with van der Waals surface area (Å²) >= 11 is 0. The number of hydrogen-bond donors (Lipinski definition) is 0. The highest BCUT2D eigenvalue weighted by molar-refractivity contribution is 5.89. The number of carbonyl (C=O) groups is 1. The Morgan fingerprint density at radius 1 is 1.32 bits per heavy atom. The van der Waals surface area contributed by atoms with Crippen LogP contribution in [0.3, 0.4) is 0 Å². The van der Waals surface area contributed by atoms with E-state index in [4.69, 9.17) is 9.15 Å². The van der Waals surface area contributed by atoms with E-state index in [1.165, 1.54) is 0 Å². The Morgan fingerprint density at radius 3 is 2.53 bits per heavy atom. The van der Waals surface area contributed by atoms with Gasteiger partial charge < -0.3 is 9.15 Å². The molecule has 19 heavy (non-hydrogen) atoms. The van der Waals surface area contributed by atoms with Gasteiger partial charge in [-0.05, 0) is 49.7 Å². The minimum Gasteiger partial charge on any atom is -0.472 e. The average molecular weight is 264 g/mol. The summed E-state index contributed by atoms with van der Waals surface area (Å²) in [7, 11) is 0. The van der Waals surface area contributed by atoms with Crippen molar-refractivity contribution in [3.8, 4) is 0 Å². The van der Waals surface area contributed by atoms with Crippen molar-refractivity contribution in [1.29, 1.82) is 0 Å². The standard InChI is InChI=1S/C16H24O3/c1-4-19-16(8-6-15(2,3)7-9-16)14(17)11-13-5-10-18-12-13/h5,10,12H,4,6-9,11H2,1-3H3. The Bertz CT molecular complexity index is 407. The molecule has 1 aliphatic rings. The molecule has 1 heterocycles. The second kappa shape index (κ2) is 5.49. The zero-order chi connectivity index (χ0) is 13.9. The molecule has 0 N–H and O–H groups in total. The molecule has 1 aliphatic carbocycles. The average Bonchev–Trinajstić information content (AvgIpc) is 2.85. The van der Waals surface area contributed by atoms with Gasteiger partial charge in [-0.3, -0.25) is 4.79 Å². The zero-order valence-corrected chi connectivity index (χ0v) is 12.2. The molecular weight excluding hydrogens is 240 g/mol. The molecule has 0 amide bonds. The number of rotatable bonds is 5. The lowest BCUT2D eigenvalue weighted by Crippen LogP contribution is -2.47. The third-order valence-corrected chi connectivity index (χ3v) is 4.28. The van der Waals surface area contributed by atoms with Crippen LogP contribution in [0.5, 0.6) is 0 Å². The highest BCUT2D eigenvalue weighted by atomic mass is 16.5. The number of furan rings is 1. The summed E-state index contributed by atoms with van der Waals surface area (Å²) < 4.78 is 10.9. The number of hydrogen-bond acceptors (Lipinski definition) is 3. The highest BCUT2D eigenvalue weighted by Gasteiger charge is 2.44. The van der Waals surface area contributed by atoms with Gasteiger partial charge in [0.25, 0.3) is 0 Å². The molecule has 0 bridgehead atoms. The van der Waals surface area contributed by atoms with E-state index in [2.05, 4.69) is 13.8 Å². The number of Topliss-reactive ketones (excluding diaryl/α,β-unsaturated/α-hetero) is 1. The largest absolute Gasteiger partial charge is 0.472 e. The third kappa shape index (κ3) is 3.27. The van der Waals surface area contributed by atoms with E-state index in [9.17, 15) is 4.79 Å². The van der Waals surface area contributed by atoms with Gasteiger partial charge in [0.1, 0.15) is 5.60 Å². The second-order valence-electron chi connectivity index (χ2n) is 6.32. The highest BCUT2D eigenvalue weighted by Crippen LogP contribution is 2.42. The minimum atomic E-state index is -0.568. The lowest BCUT2D eigenvalue weighted by Gasteiger charge is -2.42. The normalized spacial score (nSPS) is 21.2. The molecule has 0 saturated heterocycles. The SMILES string of the molecule is CCOC1(C(=O)Cc2ccoc2)CCC(C)(C)CC1. The number of ether oxygens (including phenoxy) is 1. The molecule has 0 radical (unpaired) electrons. The fourth-order valence-corrected chi connectivity index (χ4v) is 2.85. The number of ketones is 1. The van der Waals surface area contributed by atoms with Crippen molar-refractivity contribution in [1.82, 2.24) is 0 Å². The van der Waals surface area contributed by atoms with Crippen molar-refractivity contribution in [2.75, 3.05) is 6.61 Å². The molecule has 106 valence electrons. The predicted molar refractivity (Wildman–Crippen MR) is 74.0 cm³/mol. The Hall–Kier alpha value is -1.09. The molecule has 0 aliphatic heterocycles. The van der Waals surface area contributed by atoms with Gasteiger partial charge in [-0.1, -0.05) is 13.8 Å². The van der Waals surface area contributed by atoms with E-state index in [1.807, 2.05) is 13.0 Å². The summed E-state index contributed by atoms with van der Waals surface area (Å²) in [6.45, 7) is 7.09. The molecular formula is C16H24O3. The topological polar surface area (TPSA) is 39.4 Å². The van der Waals surface area contributed by atoms with Crippen LogP contribution in [0.4, 0.5) is 0 Å². The van der Waals surface area contributed by atoms with Gasteiger partial charge in [-0.15, -0.1) is 0 Å². The first kappa shape index (κ1) is 14.3. The summed E-state index contributed by atoms with van der Waals surface area (Å²) in [5, 5.41) is 0. The van der Waals surface area contributed by atoms with Gasteiger partial charge in [0.2, 0.25) is 0 Å². The van der Waals surface area contributed by atoms with E-state index in [-0.39, 0.29) is 5.78 Å². The minimum absolute atomic E-state index is 0.200. The zero-order valence-electron chi connectivity index (χ0n) is 12.2. The van der Waals surface area contributed by atoms with Crippen LogP contribution in [0.25, 0.3) is 0 Å². The second-order valence-corrected chi connectivity index (χ2v) is 6.32.